The fourth-order valence-electron chi connectivity index (χ4n) is 2.47. The number of anilines is 1. The first-order valence-electron chi connectivity index (χ1n) is 8.07. The minimum Gasteiger partial charge on any atom is -0.489 e. The summed E-state index contributed by atoms with van der Waals surface area (Å²) in [7, 11) is 0. The SMILES string of the molecule is Cc1ccc(COc2ccc(Br)cc2CNc2ccccc2Cl)cc1. The van der Waals surface area contributed by atoms with Crippen LogP contribution in [0.3, 0.4) is 0 Å². The molecule has 3 rings (SSSR count). The Morgan fingerprint density at radius 3 is 2.52 bits per heavy atom. The minimum atomic E-state index is 0.543. The summed E-state index contributed by atoms with van der Waals surface area (Å²) in [5, 5.41) is 4.08. The molecule has 3 aromatic rings. The summed E-state index contributed by atoms with van der Waals surface area (Å²) in [4.78, 5) is 0. The Labute approximate surface area is 161 Å². The molecular formula is C21H19BrClNO. The van der Waals surface area contributed by atoms with Crippen LogP contribution in [0, 0.1) is 6.92 Å². The van der Waals surface area contributed by atoms with E-state index in [1.54, 1.807) is 0 Å². The molecule has 25 heavy (non-hydrogen) atoms. The second kappa shape index (κ2) is 8.41. The predicted molar refractivity (Wildman–Crippen MR) is 108 cm³/mol. The molecule has 0 aliphatic heterocycles. The number of ether oxygens (including phenoxy) is 1. The third kappa shape index (κ3) is 5.00. The van der Waals surface area contributed by atoms with Gasteiger partial charge in [0.15, 0.2) is 0 Å². The molecular weight excluding hydrogens is 398 g/mol. The fraction of sp³-hybridized carbons (Fsp3) is 0.143. The Morgan fingerprint density at radius 2 is 1.76 bits per heavy atom. The molecule has 0 bridgehead atoms. The van der Waals surface area contributed by atoms with Gasteiger partial charge in [0, 0.05) is 16.6 Å². The number of nitrogens with one attached hydrogen (secondary N) is 1. The molecule has 0 saturated carbocycles. The van der Waals surface area contributed by atoms with E-state index >= 15 is 0 Å². The van der Waals surface area contributed by atoms with Gasteiger partial charge in [-0.2, -0.15) is 0 Å². The third-order valence-corrected chi connectivity index (χ3v) is 4.70. The molecule has 128 valence electrons. The molecule has 0 radical (unpaired) electrons. The van der Waals surface area contributed by atoms with Gasteiger partial charge in [-0.1, -0.05) is 69.5 Å². The molecule has 0 unspecified atom stereocenters. The lowest BCUT2D eigenvalue weighted by atomic mass is 10.1. The summed E-state index contributed by atoms with van der Waals surface area (Å²) < 4.78 is 7.06. The highest BCUT2D eigenvalue weighted by Crippen LogP contribution is 2.27. The van der Waals surface area contributed by atoms with Crippen LogP contribution in [0.25, 0.3) is 0 Å². The van der Waals surface area contributed by atoms with Crippen LogP contribution >= 0.6 is 27.5 Å². The smallest absolute Gasteiger partial charge is 0.124 e. The Morgan fingerprint density at radius 1 is 1.00 bits per heavy atom. The van der Waals surface area contributed by atoms with Crippen molar-refractivity contribution in [3.05, 3.63) is 92.9 Å². The molecule has 2 nitrogen and oxygen atoms in total. The van der Waals surface area contributed by atoms with Gasteiger partial charge in [-0.25, -0.2) is 0 Å². The van der Waals surface area contributed by atoms with Crippen LogP contribution in [-0.4, -0.2) is 0 Å². The monoisotopic (exact) mass is 415 g/mol. The van der Waals surface area contributed by atoms with E-state index < -0.39 is 0 Å². The highest BCUT2D eigenvalue weighted by molar-refractivity contribution is 9.10. The van der Waals surface area contributed by atoms with Gasteiger partial charge in [-0.15, -0.1) is 0 Å². The molecule has 0 spiro atoms. The van der Waals surface area contributed by atoms with Gasteiger partial charge in [0.1, 0.15) is 12.4 Å². The van der Waals surface area contributed by atoms with E-state index in [4.69, 9.17) is 16.3 Å². The Kier molecular flexibility index (Phi) is 6.00. The van der Waals surface area contributed by atoms with E-state index in [9.17, 15) is 0 Å². The van der Waals surface area contributed by atoms with Gasteiger partial charge in [-0.3, -0.25) is 0 Å². The summed E-state index contributed by atoms with van der Waals surface area (Å²) >= 11 is 9.74. The molecule has 0 atom stereocenters. The maximum Gasteiger partial charge on any atom is 0.124 e. The zero-order valence-electron chi connectivity index (χ0n) is 13.9. The molecule has 4 heteroatoms. The Bertz CT molecular complexity index is 849. The summed E-state index contributed by atoms with van der Waals surface area (Å²) in [5.74, 6) is 0.864. The van der Waals surface area contributed by atoms with E-state index in [0.29, 0.717) is 18.2 Å². The number of hydrogen-bond acceptors (Lipinski definition) is 2. The highest BCUT2D eigenvalue weighted by atomic mass is 79.9. The summed E-state index contributed by atoms with van der Waals surface area (Å²) in [6, 6.07) is 22.1. The van der Waals surface area contributed by atoms with E-state index in [-0.39, 0.29) is 0 Å². The molecule has 0 aliphatic rings. The normalized spacial score (nSPS) is 10.5. The summed E-state index contributed by atoms with van der Waals surface area (Å²) in [6.07, 6.45) is 0. The Balaban J connectivity index is 1.71. The standard InChI is InChI=1S/C21H19BrClNO/c1-15-6-8-16(9-7-15)14-25-21-11-10-18(22)12-17(21)13-24-20-5-3-2-4-19(20)23/h2-12,24H,13-14H2,1H3. The predicted octanol–water partition coefficient (Wildman–Crippen LogP) is 6.60. The van der Waals surface area contributed by atoms with Crippen LogP contribution < -0.4 is 10.1 Å². The van der Waals surface area contributed by atoms with Gasteiger partial charge < -0.3 is 10.1 Å². The van der Waals surface area contributed by atoms with Gasteiger partial charge in [0.2, 0.25) is 0 Å². The van der Waals surface area contributed by atoms with Gasteiger partial charge in [0.25, 0.3) is 0 Å². The second-order valence-corrected chi connectivity index (χ2v) is 7.18. The van der Waals surface area contributed by atoms with Crippen LogP contribution in [0.1, 0.15) is 16.7 Å². The van der Waals surface area contributed by atoms with Crippen molar-refractivity contribution in [2.24, 2.45) is 0 Å². The van der Waals surface area contributed by atoms with Crippen LogP contribution in [-0.2, 0) is 13.2 Å². The van der Waals surface area contributed by atoms with Crippen LogP contribution in [0.2, 0.25) is 5.02 Å². The zero-order chi connectivity index (χ0) is 17.6. The molecule has 1 N–H and O–H groups in total. The molecule has 0 aromatic heterocycles. The van der Waals surface area contributed by atoms with Crippen LogP contribution in [0.15, 0.2) is 71.2 Å². The highest BCUT2D eigenvalue weighted by Gasteiger charge is 2.07. The quantitative estimate of drug-likeness (QED) is 0.488. The Hall–Kier alpha value is -1.97. The molecule has 0 fully saturated rings. The number of aryl methyl sites for hydroxylation is 1. The third-order valence-electron chi connectivity index (χ3n) is 3.88. The fourth-order valence-corrected chi connectivity index (χ4v) is 3.08. The van der Waals surface area contributed by atoms with Crippen LogP contribution in [0.5, 0.6) is 5.75 Å². The van der Waals surface area contributed by atoms with Gasteiger partial charge in [0.05, 0.1) is 10.7 Å². The average molecular weight is 417 g/mol. The number of hydrogen-bond donors (Lipinski definition) is 1. The lowest BCUT2D eigenvalue weighted by Gasteiger charge is -2.14. The lowest BCUT2D eigenvalue weighted by molar-refractivity contribution is 0.303. The maximum atomic E-state index is 6.21. The molecule has 3 aromatic carbocycles. The van der Waals surface area contributed by atoms with Crippen molar-refractivity contribution in [2.45, 2.75) is 20.1 Å². The molecule has 0 aliphatic carbocycles. The number of benzene rings is 3. The van der Waals surface area contributed by atoms with Crippen molar-refractivity contribution in [2.75, 3.05) is 5.32 Å². The number of halogens is 2. The lowest BCUT2D eigenvalue weighted by Crippen LogP contribution is -2.04. The van der Waals surface area contributed by atoms with Crippen molar-refractivity contribution in [3.8, 4) is 5.75 Å². The van der Waals surface area contributed by atoms with Crippen molar-refractivity contribution >= 4 is 33.2 Å². The second-order valence-electron chi connectivity index (χ2n) is 5.86. The van der Waals surface area contributed by atoms with Gasteiger partial charge >= 0.3 is 0 Å². The average Bonchev–Trinajstić information content (AvgIpc) is 2.61. The van der Waals surface area contributed by atoms with E-state index in [2.05, 4.69) is 58.5 Å². The first-order valence-corrected chi connectivity index (χ1v) is 9.24. The van der Waals surface area contributed by atoms with Crippen molar-refractivity contribution in [3.63, 3.8) is 0 Å². The molecule has 0 amide bonds. The van der Waals surface area contributed by atoms with Crippen molar-refractivity contribution in [1.29, 1.82) is 0 Å². The molecule has 0 saturated heterocycles. The van der Waals surface area contributed by atoms with Crippen molar-refractivity contribution < 1.29 is 4.74 Å². The van der Waals surface area contributed by atoms with Crippen LogP contribution in [0.4, 0.5) is 5.69 Å². The number of rotatable bonds is 6. The van der Waals surface area contributed by atoms with Crippen molar-refractivity contribution in [1.82, 2.24) is 0 Å². The zero-order valence-corrected chi connectivity index (χ0v) is 16.3. The molecule has 0 heterocycles. The summed E-state index contributed by atoms with van der Waals surface area (Å²) in [5.41, 5.74) is 4.38. The first-order chi connectivity index (χ1) is 12.1. The first kappa shape index (κ1) is 17.8. The largest absolute Gasteiger partial charge is 0.489 e. The topological polar surface area (TPSA) is 21.3 Å². The maximum absolute atomic E-state index is 6.21. The minimum absolute atomic E-state index is 0.543. The van der Waals surface area contributed by atoms with E-state index in [0.717, 1.165) is 27.0 Å². The van der Waals surface area contributed by atoms with Gasteiger partial charge in [-0.05, 0) is 42.8 Å². The number of para-hydroxylation sites is 1. The summed E-state index contributed by atoms with van der Waals surface area (Å²) in [6.45, 7) is 3.26. The van der Waals surface area contributed by atoms with E-state index in [1.165, 1.54) is 5.56 Å². The van der Waals surface area contributed by atoms with E-state index in [1.807, 2.05) is 36.4 Å².